The lowest BCUT2D eigenvalue weighted by molar-refractivity contribution is -0.140. The lowest BCUT2D eigenvalue weighted by atomic mass is 10.3. The largest absolute Gasteiger partial charge is 0.481 e. The second kappa shape index (κ2) is 4.71. The number of carboxylic acid groups (broad SMARTS) is 1. The molecule has 8 heteroatoms. The molecule has 0 aromatic carbocycles. The van der Waals surface area contributed by atoms with Crippen LogP contribution in [0, 0.1) is 6.92 Å². The molecule has 3 N–H and O–H groups in total. The summed E-state index contributed by atoms with van der Waals surface area (Å²) in [7, 11) is 1.45. The summed E-state index contributed by atoms with van der Waals surface area (Å²) in [5.41, 5.74) is -0.514. The van der Waals surface area contributed by atoms with Gasteiger partial charge in [0.05, 0.1) is 7.11 Å². The number of aliphatic carboxylic acids is 1. The molecule has 0 aliphatic heterocycles. The Kier molecular flexibility index (Phi) is 3.24. The number of nitrogens with zero attached hydrogens (tertiary/aromatic N) is 2. The number of amides is 2. The Morgan fingerprint density at radius 1 is 1.42 bits per heavy atom. The molecule has 0 atom stereocenters. The predicted octanol–water partition coefficient (Wildman–Crippen LogP) is 0.532. The minimum absolute atomic E-state index is 0.0653. The zero-order valence-corrected chi connectivity index (χ0v) is 10.6. The molecule has 2 amide bonds. The van der Waals surface area contributed by atoms with Crippen molar-refractivity contribution in [2.24, 2.45) is 0 Å². The molecule has 0 unspecified atom stereocenters. The molecule has 1 aromatic heterocycles. The second-order valence-electron chi connectivity index (χ2n) is 4.34. The zero-order valence-electron chi connectivity index (χ0n) is 10.6. The summed E-state index contributed by atoms with van der Waals surface area (Å²) in [6.45, 7) is 1.73. The summed E-state index contributed by atoms with van der Waals surface area (Å²) in [4.78, 5) is 30.6. The number of carbonyl (C=O) groups excluding carboxylic acids is 1. The Morgan fingerprint density at radius 2 is 2.11 bits per heavy atom. The van der Waals surface area contributed by atoms with Gasteiger partial charge in [-0.3, -0.25) is 5.32 Å². The van der Waals surface area contributed by atoms with Crippen molar-refractivity contribution in [1.29, 1.82) is 0 Å². The lowest BCUT2D eigenvalue weighted by Gasteiger charge is -2.13. The summed E-state index contributed by atoms with van der Waals surface area (Å²) >= 11 is 0. The van der Waals surface area contributed by atoms with Gasteiger partial charge in [0.2, 0.25) is 11.8 Å². The molecule has 2 rings (SSSR count). The van der Waals surface area contributed by atoms with Crippen LogP contribution in [0.4, 0.5) is 10.7 Å². The zero-order chi connectivity index (χ0) is 14.0. The highest BCUT2D eigenvalue weighted by Crippen LogP contribution is 2.35. The molecular formula is C11H14N4O4. The fourth-order valence-electron chi connectivity index (χ4n) is 1.57. The molecule has 1 aliphatic carbocycles. The molecule has 1 fully saturated rings. The summed E-state index contributed by atoms with van der Waals surface area (Å²) in [5, 5.41) is 13.7. The van der Waals surface area contributed by atoms with Crippen LogP contribution in [0.5, 0.6) is 5.88 Å². The average molecular weight is 266 g/mol. The first-order valence-corrected chi connectivity index (χ1v) is 5.67. The van der Waals surface area contributed by atoms with Crippen LogP contribution in [0.3, 0.4) is 0 Å². The van der Waals surface area contributed by atoms with Gasteiger partial charge in [-0.1, -0.05) is 0 Å². The quantitative estimate of drug-likeness (QED) is 0.732. The van der Waals surface area contributed by atoms with Crippen LogP contribution in [0.25, 0.3) is 0 Å². The fourth-order valence-corrected chi connectivity index (χ4v) is 1.57. The van der Waals surface area contributed by atoms with Gasteiger partial charge in [0.1, 0.15) is 5.54 Å². The number of rotatable bonds is 4. The highest BCUT2D eigenvalue weighted by atomic mass is 16.5. The number of hydrogen-bond donors (Lipinski definition) is 3. The molecule has 102 valence electrons. The van der Waals surface area contributed by atoms with Crippen LogP contribution in [-0.2, 0) is 4.79 Å². The topological polar surface area (TPSA) is 113 Å². The van der Waals surface area contributed by atoms with Crippen LogP contribution >= 0.6 is 0 Å². The Labute approximate surface area is 109 Å². The molecule has 0 saturated heterocycles. The van der Waals surface area contributed by atoms with Crippen molar-refractivity contribution in [3.63, 3.8) is 0 Å². The molecule has 8 nitrogen and oxygen atoms in total. The molecular weight excluding hydrogens is 252 g/mol. The van der Waals surface area contributed by atoms with Gasteiger partial charge in [-0.2, -0.15) is 4.98 Å². The Hall–Kier alpha value is -2.38. The smallest absolute Gasteiger partial charge is 0.329 e. The second-order valence-corrected chi connectivity index (χ2v) is 4.34. The van der Waals surface area contributed by atoms with Gasteiger partial charge in [0, 0.05) is 11.8 Å². The van der Waals surface area contributed by atoms with Crippen molar-refractivity contribution in [1.82, 2.24) is 15.3 Å². The van der Waals surface area contributed by atoms with Gasteiger partial charge in [0.25, 0.3) is 0 Å². The van der Waals surface area contributed by atoms with Gasteiger partial charge in [-0.15, -0.1) is 0 Å². The maximum atomic E-state index is 11.7. The van der Waals surface area contributed by atoms with Crippen molar-refractivity contribution in [3.05, 3.63) is 11.8 Å². The van der Waals surface area contributed by atoms with Crippen molar-refractivity contribution in [3.8, 4) is 5.88 Å². The van der Waals surface area contributed by atoms with E-state index in [-0.39, 0.29) is 5.95 Å². The van der Waals surface area contributed by atoms with Crippen LogP contribution in [0.1, 0.15) is 18.5 Å². The number of hydrogen-bond acceptors (Lipinski definition) is 5. The van der Waals surface area contributed by atoms with Gasteiger partial charge in [-0.05, 0) is 19.8 Å². The number of ether oxygens (including phenoxy) is 1. The van der Waals surface area contributed by atoms with Crippen LogP contribution in [-0.4, -0.2) is 39.7 Å². The van der Waals surface area contributed by atoms with E-state index >= 15 is 0 Å². The molecule has 1 aromatic rings. The third-order valence-corrected chi connectivity index (χ3v) is 2.78. The van der Waals surface area contributed by atoms with E-state index in [2.05, 4.69) is 20.6 Å². The average Bonchev–Trinajstić information content (AvgIpc) is 3.08. The van der Waals surface area contributed by atoms with Crippen LogP contribution < -0.4 is 15.4 Å². The van der Waals surface area contributed by atoms with Crippen LogP contribution in [0.15, 0.2) is 6.07 Å². The number of carbonyl (C=O) groups is 2. The summed E-state index contributed by atoms with van der Waals surface area (Å²) in [6.07, 6.45) is 0.849. The van der Waals surface area contributed by atoms with E-state index in [1.807, 2.05) is 0 Å². The maximum Gasteiger partial charge on any atom is 0.329 e. The van der Waals surface area contributed by atoms with E-state index in [9.17, 15) is 9.59 Å². The molecule has 1 saturated carbocycles. The lowest BCUT2D eigenvalue weighted by Crippen LogP contribution is -2.45. The maximum absolute atomic E-state index is 11.7. The minimum atomic E-state index is -1.14. The molecule has 0 radical (unpaired) electrons. The highest BCUT2D eigenvalue weighted by molar-refractivity contribution is 5.94. The highest BCUT2D eigenvalue weighted by Gasteiger charge is 2.51. The van der Waals surface area contributed by atoms with E-state index in [0.29, 0.717) is 24.4 Å². The van der Waals surface area contributed by atoms with Gasteiger partial charge in [0.15, 0.2) is 0 Å². The first-order chi connectivity index (χ1) is 8.95. The number of urea groups is 1. The molecule has 0 bridgehead atoms. The standard InChI is InChI=1S/C11H14N4O4/c1-6-5-7(19-2)13-9(12-6)14-10(18)15-11(3-4-11)8(16)17/h5H,3-4H2,1-2H3,(H,16,17)(H2,12,13,14,15,18). The van der Waals surface area contributed by atoms with E-state index in [0.717, 1.165) is 0 Å². The third kappa shape index (κ3) is 2.90. The van der Waals surface area contributed by atoms with E-state index in [1.165, 1.54) is 7.11 Å². The Balaban J connectivity index is 2.03. The minimum Gasteiger partial charge on any atom is -0.481 e. The number of anilines is 1. The van der Waals surface area contributed by atoms with E-state index < -0.39 is 17.5 Å². The number of methoxy groups -OCH3 is 1. The van der Waals surface area contributed by atoms with Gasteiger partial charge in [-0.25, -0.2) is 14.6 Å². The van der Waals surface area contributed by atoms with Gasteiger partial charge < -0.3 is 15.2 Å². The van der Waals surface area contributed by atoms with Crippen molar-refractivity contribution in [2.75, 3.05) is 12.4 Å². The Bertz CT molecular complexity index is 527. The Morgan fingerprint density at radius 3 is 2.63 bits per heavy atom. The normalized spacial score (nSPS) is 15.5. The summed E-state index contributed by atoms with van der Waals surface area (Å²) in [5.74, 6) is -0.650. The fraction of sp³-hybridized carbons (Fsp3) is 0.455. The number of nitrogens with one attached hydrogen (secondary N) is 2. The number of carboxylic acids is 1. The predicted molar refractivity (Wildman–Crippen MR) is 65.1 cm³/mol. The first kappa shape index (κ1) is 13.1. The van der Waals surface area contributed by atoms with Crippen molar-refractivity contribution < 1.29 is 19.4 Å². The first-order valence-electron chi connectivity index (χ1n) is 5.67. The molecule has 0 spiro atoms. The molecule has 1 heterocycles. The summed E-state index contributed by atoms with van der Waals surface area (Å²) in [6, 6.07) is 0.968. The monoisotopic (exact) mass is 266 g/mol. The number of aromatic nitrogens is 2. The molecule has 19 heavy (non-hydrogen) atoms. The molecule has 1 aliphatic rings. The van der Waals surface area contributed by atoms with Crippen molar-refractivity contribution >= 4 is 17.9 Å². The van der Waals surface area contributed by atoms with E-state index in [4.69, 9.17) is 9.84 Å². The van der Waals surface area contributed by atoms with Crippen molar-refractivity contribution in [2.45, 2.75) is 25.3 Å². The third-order valence-electron chi connectivity index (χ3n) is 2.78. The summed E-state index contributed by atoms with van der Waals surface area (Å²) < 4.78 is 4.95. The van der Waals surface area contributed by atoms with Crippen LogP contribution in [0.2, 0.25) is 0 Å². The SMILES string of the molecule is COc1cc(C)nc(NC(=O)NC2(C(=O)O)CC2)n1. The van der Waals surface area contributed by atoms with Gasteiger partial charge >= 0.3 is 12.0 Å². The number of aryl methyl sites for hydroxylation is 1. The van der Waals surface area contributed by atoms with E-state index in [1.54, 1.807) is 13.0 Å².